The van der Waals surface area contributed by atoms with Crippen molar-refractivity contribution in [2.45, 2.75) is 171 Å². The lowest BCUT2D eigenvalue weighted by atomic mass is 9.71. The number of ketones is 4. The van der Waals surface area contributed by atoms with Crippen LogP contribution in [0.2, 0.25) is 0 Å². The summed E-state index contributed by atoms with van der Waals surface area (Å²) < 4.78 is 16.7. The SMILES string of the molecule is CCCOc1ccc(C(=O)C(C)(C)C)cc1.CCCOc1ccc(C(=O)C(C)(C)N2CCCCC2)cc1.CCCOc1ccc(C(=O)C(CC)(Cc2ccccc2)N(C)C)cc1.Cc1ccc(C(=O)C2(C)CCCCC2)cc1. The number of likely N-dealkylation sites (N-methyl/N-ethyl adjacent to an activating group) is 1. The molecule has 2 fully saturated rings. The highest BCUT2D eigenvalue weighted by molar-refractivity contribution is 6.04. The molecular weight excluding hydrogens is 969 g/mol. The minimum atomic E-state index is -0.548. The number of nitrogens with zero attached hydrogens (tertiary/aromatic N) is 2. The lowest BCUT2D eigenvalue weighted by Crippen LogP contribution is -2.52. The number of benzene rings is 5. The molecule has 9 nitrogen and oxygen atoms in total. The van der Waals surface area contributed by atoms with Gasteiger partial charge in [-0.3, -0.25) is 29.0 Å². The molecule has 0 N–H and O–H groups in total. The van der Waals surface area contributed by atoms with E-state index in [9.17, 15) is 19.2 Å². The smallest absolute Gasteiger partial charge is 0.183 e. The highest BCUT2D eigenvalue weighted by Crippen LogP contribution is 2.39. The fourth-order valence-electron chi connectivity index (χ4n) is 10.0. The number of carbonyl (C=O) groups is 4. The minimum Gasteiger partial charge on any atom is -0.494 e. The first-order valence-electron chi connectivity index (χ1n) is 29.1. The molecule has 2 aliphatic rings. The second kappa shape index (κ2) is 31.6. The van der Waals surface area contributed by atoms with Crippen molar-refractivity contribution < 1.29 is 33.4 Å². The van der Waals surface area contributed by atoms with Crippen molar-refractivity contribution in [2.75, 3.05) is 47.0 Å². The molecule has 1 atom stereocenters. The van der Waals surface area contributed by atoms with Crippen molar-refractivity contribution in [1.29, 1.82) is 0 Å². The van der Waals surface area contributed by atoms with Gasteiger partial charge in [-0.1, -0.05) is 141 Å². The van der Waals surface area contributed by atoms with Gasteiger partial charge in [0.15, 0.2) is 23.1 Å². The van der Waals surface area contributed by atoms with Gasteiger partial charge in [-0.05, 0) is 184 Å². The van der Waals surface area contributed by atoms with Crippen LogP contribution in [0.15, 0.2) is 127 Å². The van der Waals surface area contributed by atoms with Crippen LogP contribution in [0.25, 0.3) is 0 Å². The normalized spacial score (nSPS) is 15.1. The molecule has 1 heterocycles. The lowest BCUT2D eigenvalue weighted by Gasteiger charge is -2.39. The summed E-state index contributed by atoms with van der Waals surface area (Å²) in [6.45, 7) is 26.5. The second-order valence-corrected chi connectivity index (χ2v) is 23.2. The molecule has 5 aromatic rings. The van der Waals surface area contributed by atoms with Gasteiger partial charge in [-0.15, -0.1) is 0 Å². The number of rotatable bonds is 21. The molecule has 5 aromatic carbocycles. The first kappa shape index (κ1) is 64.6. The van der Waals surface area contributed by atoms with Gasteiger partial charge in [0.25, 0.3) is 0 Å². The fraction of sp³-hybridized carbons (Fsp3) is 0.507. The molecule has 1 aliphatic heterocycles. The van der Waals surface area contributed by atoms with Crippen molar-refractivity contribution >= 4 is 23.1 Å². The van der Waals surface area contributed by atoms with E-state index in [1.165, 1.54) is 49.7 Å². The second-order valence-electron chi connectivity index (χ2n) is 23.2. The Morgan fingerprint density at radius 1 is 0.513 bits per heavy atom. The monoisotopic (exact) mass is 1060 g/mol. The zero-order valence-electron chi connectivity index (χ0n) is 50.1. The molecule has 78 heavy (non-hydrogen) atoms. The zero-order chi connectivity index (χ0) is 57.4. The number of Topliss-reactive ketones (excluding diaryl/α,β-unsaturated/α-hetero) is 4. The van der Waals surface area contributed by atoms with Crippen molar-refractivity contribution in [1.82, 2.24) is 9.80 Å². The lowest BCUT2D eigenvalue weighted by molar-refractivity contribution is 0.0579. The Morgan fingerprint density at radius 3 is 1.31 bits per heavy atom. The Bertz CT molecular complexity index is 2550. The molecule has 1 saturated carbocycles. The highest BCUT2D eigenvalue weighted by Gasteiger charge is 2.40. The predicted molar refractivity (Wildman–Crippen MR) is 322 cm³/mol. The Labute approximate surface area is 470 Å². The van der Waals surface area contributed by atoms with Gasteiger partial charge in [-0.25, -0.2) is 0 Å². The molecule has 7 rings (SSSR count). The highest BCUT2D eigenvalue weighted by atomic mass is 16.5. The van der Waals surface area contributed by atoms with Gasteiger partial charge >= 0.3 is 0 Å². The van der Waals surface area contributed by atoms with Crippen molar-refractivity contribution in [3.8, 4) is 17.2 Å². The van der Waals surface area contributed by atoms with E-state index in [-0.39, 0.29) is 28.2 Å². The standard InChI is InChI=1S/C22H29NO2.C18H27NO2.C15H20O.C14H20O2/c1-5-16-25-20-14-12-19(13-15-20)21(24)22(6-2,23(3)4)17-18-10-8-7-9-11-18;1-4-14-21-16-10-8-15(9-11-16)17(20)18(2,3)19-12-6-5-7-13-19;1-12-6-8-13(9-7-12)14(16)15(2)10-4-3-5-11-15;1-5-10-16-12-8-6-11(7-9-12)13(15)14(2,3)4/h7-15H,5-6,16-17H2,1-4H3;8-11H,4-7,12-14H2,1-3H3;6-9H,3-5,10-11H2,1-2H3;6-9H,5,10H2,1-4H3. The number of carbonyl (C=O) groups excluding carboxylic acids is 4. The van der Waals surface area contributed by atoms with Crippen molar-refractivity contribution in [3.05, 3.63) is 161 Å². The molecule has 1 unspecified atom stereocenters. The van der Waals surface area contributed by atoms with Gasteiger partial charge in [0, 0.05) is 33.1 Å². The third kappa shape index (κ3) is 19.2. The van der Waals surface area contributed by atoms with Crippen LogP contribution < -0.4 is 14.2 Å². The van der Waals surface area contributed by atoms with Crippen LogP contribution in [-0.4, -0.2) is 91.0 Å². The average Bonchev–Trinajstić information content (AvgIpc) is 3.45. The summed E-state index contributed by atoms with van der Waals surface area (Å²) in [6.07, 6.45) is 13.9. The van der Waals surface area contributed by atoms with E-state index in [1.807, 2.05) is 164 Å². The topological polar surface area (TPSA) is 102 Å². The minimum absolute atomic E-state index is 0.104. The van der Waals surface area contributed by atoms with Gasteiger partial charge in [0.1, 0.15) is 17.2 Å². The maximum absolute atomic E-state index is 13.4. The fourth-order valence-corrected chi connectivity index (χ4v) is 10.0. The summed E-state index contributed by atoms with van der Waals surface area (Å²) in [5, 5.41) is 0. The molecule has 0 radical (unpaired) electrons. The summed E-state index contributed by atoms with van der Waals surface area (Å²) in [5.74, 6) is 3.34. The van der Waals surface area contributed by atoms with Gasteiger partial charge in [-0.2, -0.15) is 0 Å². The molecule has 1 aliphatic carbocycles. The Hall–Kier alpha value is -5.90. The Kier molecular flexibility index (Phi) is 26.2. The van der Waals surface area contributed by atoms with Gasteiger partial charge < -0.3 is 14.2 Å². The molecule has 424 valence electrons. The zero-order valence-corrected chi connectivity index (χ0v) is 50.1. The van der Waals surface area contributed by atoms with Crippen LogP contribution in [0, 0.1) is 17.8 Å². The van der Waals surface area contributed by atoms with E-state index in [0.29, 0.717) is 32.0 Å². The number of hydrogen-bond donors (Lipinski definition) is 0. The number of piperidine rings is 1. The molecule has 0 aromatic heterocycles. The summed E-state index contributed by atoms with van der Waals surface area (Å²) >= 11 is 0. The molecule has 1 saturated heterocycles. The van der Waals surface area contributed by atoms with Crippen LogP contribution >= 0.6 is 0 Å². The van der Waals surface area contributed by atoms with Gasteiger partial charge in [0.2, 0.25) is 0 Å². The van der Waals surface area contributed by atoms with Gasteiger partial charge in [0.05, 0.1) is 30.9 Å². The van der Waals surface area contributed by atoms with Crippen molar-refractivity contribution in [3.63, 3.8) is 0 Å². The van der Waals surface area contributed by atoms with E-state index in [2.05, 4.69) is 63.5 Å². The predicted octanol–water partition coefficient (Wildman–Crippen LogP) is 16.4. The number of hydrogen-bond acceptors (Lipinski definition) is 9. The van der Waals surface area contributed by atoms with E-state index < -0.39 is 11.1 Å². The van der Waals surface area contributed by atoms with Crippen LogP contribution in [0.4, 0.5) is 0 Å². The third-order valence-corrected chi connectivity index (χ3v) is 15.2. The maximum atomic E-state index is 13.4. The van der Waals surface area contributed by atoms with Crippen LogP contribution in [-0.2, 0) is 6.42 Å². The maximum Gasteiger partial charge on any atom is 0.183 e. The first-order chi connectivity index (χ1) is 37.1. The van der Waals surface area contributed by atoms with Crippen LogP contribution in [0.3, 0.4) is 0 Å². The summed E-state index contributed by atoms with van der Waals surface area (Å²) in [6, 6.07) is 40.7. The summed E-state index contributed by atoms with van der Waals surface area (Å²) in [7, 11) is 3.98. The van der Waals surface area contributed by atoms with E-state index in [4.69, 9.17) is 14.2 Å². The molecular formula is C69H96N2O7. The Morgan fingerprint density at radius 2 is 0.910 bits per heavy atom. The van der Waals surface area contributed by atoms with E-state index in [1.54, 1.807) is 0 Å². The first-order valence-corrected chi connectivity index (χ1v) is 29.1. The molecule has 0 amide bonds. The van der Waals surface area contributed by atoms with Crippen LogP contribution in [0.5, 0.6) is 17.2 Å². The van der Waals surface area contributed by atoms with E-state index >= 15 is 0 Å². The number of ether oxygens (including phenoxy) is 3. The third-order valence-electron chi connectivity index (χ3n) is 15.2. The molecule has 9 heteroatoms. The number of aryl methyl sites for hydroxylation is 1. The van der Waals surface area contributed by atoms with E-state index in [0.717, 1.165) is 91.1 Å². The number of likely N-dealkylation sites (tertiary alicyclic amines) is 1. The molecule has 0 bridgehead atoms. The summed E-state index contributed by atoms with van der Waals surface area (Å²) in [4.78, 5) is 55.0. The Balaban J connectivity index is 0.000000228. The quantitative estimate of drug-likeness (QED) is 0.0665. The van der Waals surface area contributed by atoms with Crippen LogP contribution in [0.1, 0.15) is 199 Å². The molecule has 0 spiro atoms. The summed E-state index contributed by atoms with van der Waals surface area (Å²) in [5.41, 5.74) is 4.12. The van der Waals surface area contributed by atoms with Crippen molar-refractivity contribution in [2.24, 2.45) is 10.8 Å². The average molecular weight is 1070 g/mol. The largest absolute Gasteiger partial charge is 0.494 e.